The topological polar surface area (TPSA) is 75.6 Å². The number of rotatable bonds is 5. The third-order valence-corrected chi connectivity index (χ3v) is 5.99. The third kappa shape index (κ3) is 3.48. The maximum atomic E-state index is 12.7. The molecule has 0 bridgehead atoms. The van der Waals surface area contributed by atoms with Gasteiger partial charge in [0, 0.05) is 5.92 Å². The van der Waals surface area contributed by atoms with Gasteiger partial charge in [-0.3, -0.25) is 0 Å². The van der Waals surface area contributed by atoms with Crippen LogP contribution in [0.25, 0.3) is 21.9 Å². The molecule has 0 aromatic heterocycles. The van der Waals surface area contributed by atoms with Crippen molar-refractivity contribution in [2.24, 2.45) is 0 Å². The van der Waals surface area contributed by atoms with E-state index >= 15 is 0 Å². The maximum absolute atomic E-state index is 12.7. The first kappa shape index (κ1) is 19.8. The predicted octanol–water partition coefficient (Wildman–Crippen LogP) is 5.50. The van der Waals surface area contributed by atoms with Crippen molar-refractivity contribution in [3.05, 3.63) is 108 Å². The van der Waals surface area contributed by atoms with Crippen molar-refractivity contribution in [1.82, 2.24) is 5.32 Å². The molecule has 4 aromatic carbocycles. The van der Waals surface area contributed by atoms with Gasteiger partial charge in [0.05, 0.1) is 0 Å². The van der Waals surface area contributed by atoms with Gasteiger partial charge in [0.15, 0.2) is 6.04 Å². The molecule has 5 heteroatoms. The quantitative estimate of drug-likeness (QED) is 0.444. The second-order valence-corrected chi connectivity index (χ2v) is 7.81. The van der Waals surface area contributed by atoms with Crippen molar-refractivity contribution in [3.63, 3.8) is 0 Å². The molecule has 0 spiro atoms. The molecule has 0 fully saturated rings. The standard InChI is InChI=1S/C27H21NO4/c29-26(30)25(23-15-7-9-17-8-1-2-10-18(17)23)28-27(31)32-16-24-21-13-5-3-11-19(21)20-12-4-6-14-22(20)24/h1-15,24-25H,16H2,(H,28,31)(H,29,30)/t25-/m0/s1. The summed E-state index contributed by atoms with van der Waals surface area (Å²) in [6.45, 7) is 0.127. The summed E-state index contributed by atoms with van der Waals surface area (Å²) in [4.78, 5) is 24.6. The van der Waals surface area contributed by atoms with E-state index in [4.69, 9.17) is 4.74 Å². The molecule has 0 radical (unpaired) electrons. The van der Waals surface area contributed by atoms with Crippen LogP contribution in [0.3, 0.4) is 0 Å². The molecule has 0 saturated heterocycles. The Hall–Kier alpha value is -4.12. The Labute approximate surface area is 185 Å². The summed E-state index contributed by atoms with van der Waals surface area (Å²) < 4.78 is 5.54. The van der Waals surface area contributed by atoms with Crippen molar-refractivity contribution in [1.29, 1.82) is 0 Å². The fraction of sp³-hybridized carbons (Fsp3) is 0.111. The van der Waals surface area contributed by atoms with Gasteiger partial charge in [0.2, 0.25) is 0 Å². The smallest absolute Gasteiger partial charge is 0.408 e. The fourth-order valence-electron chi connectivity index (χ4n) is 4.53. The number of benzene rings is 4. The van der Waals surface area contributed by atoms with E-state index in [1.807, 2.05) is 66.7 Å². The average molecular weight is 423 g/mol. The van der Waals surface area contributed by atoms with Crippen LogP contribution in [0.5, 0.6) is 0 Å². The second-order valence-electron chi connectivity index (χ2n) is 7.81. The lowest BCUT2D eigenvalue weighted by atomic mass is 9.98. The van der Waals surface area contributed by atoms with E-state index in [2.05, 4.69) is 17.4 Å². The molecular weight excluding hydrogens is 402 g/mol. The van der Waals surface area contributed by atoms with Crippen LogP contribution in [0.1, 0.15) is 28.7 Å². The summed E-state index contributed by atoms with van der Waals surface area (Å²) >= 11 is 0. The van der Waals surface area contributed by atoms with Gasteiger partial charge in [-0.05, 0) is 38.6 Å². The highest BCUT2D eigenvalue weighted by Gasteiger charge is 2.30. The number of ether oxygens (including phenoxy) is 1. The molecule has 1 amide bonds. The molecule has 5 rings (SSSR count). The van der Waals surface area contributed by atoms with Gasteiger partial charge in [-0.2, -0.15) is 0 Å². The van der Waals surface area contributed by atoms with Gasteiger partial charge in [-0.15, -0.1) is 0 Å². The van der Waals surface area contributed by atoms with Crippen LogP contribution < -0.4 is 5.32 Å². The molecule has 5 nitrogen and oxygen atoms in total. The molecule has 4 aromatic rings. The van der Waals surface area contributed by atoms with Crippen molar-refractivity contribution in [2.45, 2.75) is 12.0 Å². The van der Waals surface area contributed by atoms with Gasteiger partial charge in [0.1, 0.15) is 6.61 Å². The highest BCUT2D eigenvalue weighted by Crippen LogP contribution is 2.44. The molecule has 2 N–H and O–H groups in total. The lowest BCUT2D eigenvalue weighted by molar-refractivity contribution is -0.139. The largest absolute Gasteiger partial charge is 0.479 e. The first-order valence-electron chi connectivity index (χ1n) is 10.5. The molecular formula is C27H21NO4. The Kier molecular flexibility index (Phi) is 5.07. The summed E-state index contributed by atoms with van der Waals surface area (Å²) in [6.07, 6.45) is -0.757. The number of aliphatic carboxylic acids is 1. The van der Waals surface area contributed by atoms with E-state index in [1.165, 1.54) is 0 Å². The molecule has 0 saturated carbocycles. The van der Waals surface area contributed by atoms with Gasteiger partial charge in [0.25, 0.3) is 0 Å². The minimum Gasteiger partial charge on any atom is -0.479 e. The number of hydrogen-bond donors (Lipinski definition) is 2. The van der Waals surface area contributed by atoms with Gasteiger partial charge >= 0.3 is 12.1 Å². The van der Waals surface area contributed by atoms with E-state index < -0.39 is 18.1 Å². The third-order valence-electron chi connectivity index (χ3n) is 5.99. The molecule has 0 heterocycles. The van der Waals surface area contributed by atoms with Crippen LogP contribution in [0, 0.1) is 0 Å². The predicted molar refractivity (Wildman–Crippen MR) is 123 cm³/mol. The van der Waals surface area contributed by atoms with Crippen LogP contribution in [-0.4, -0.2) is 23.8 Å². The minimum absolute atomic E-state index is 0.0889. The fourth-order valence-corrected chi connectivity index (χ4v) is 4.53. The second kappa shape index (κ2) is 8.19. The zero-order valence-corrected chi connectivity index (χ0v) is 17.2. The molecule has 1 aliphatic carbocycles. The molecule has 158 valence electrons. The summed E-state index contributed by atoms with van der Waals surface area (Å²) in [5.41, 5.74) is 4.99. The monoisotopic (exact) mass is 423 g/mol. The Morgan fingerprint density at radius 1 is 0.812 bits per heavy atom. The number of carboxylic acids is 1. The number of alkyl carbamates (subject to hydrolysis) is 1. The molecule has 0 unspecified atom stereocenters. The number of carbonyl (C=O) groups is 2. The number of carboxylic acid groups (broad SMARTS) is 1. The Balaban J connectivity index is 1.36. The summed E-state index contributed by atoms with van der Waals surface area (Å²) in [6, 6.07) is 27.8. The van der Waals surface area contributed by atoms with Crippen molar-refractivity contribution in [3.8, 4) is 11.1 Å². The van der Waals surface area contributed by atoms with Crippen molar-refractivity contribution >= 4 is 22.8 Å². The zero-order valence-electron chi connectivity index (χ0n) is 17.2. The van der Waals surface area contributed by atoms with E-state index in [0.717, 1.165) is 33.0 Å². The highest BCUT2D eigenvalue weighted by atomic mass is 16.5. The van der Waals surface area contributed by atoms with E-state index in [1.54, 1.807) is 12.1 Å². The van der Waals surface area contributed by atoms with Crippen LogP contribution in [0.4, 0.5) is 4.79 Å². The van der Waals surface area contributed by atoms with Gasteiger partial charge in [-0.1, -0.05) is 91.0 Å². The lowest BCUT2D eigenvalue weighted by Crippen LogP contribution is -2.35. The number of amides is 1. The zero-order chi connectivity index (χ0) is 22.1. The number of nitrogens with one attached hydrogen (secondary N) is 1. The Morgan fingerprint density at radius 3 is 2.09 bits per heavy atom. The molecule has 0 aliphatic heterocycles. The Bertz CT molecular complexity index is 1280. The van der Waals surface area contributed by atoms with Gasteiger partial charge < -0.3 is 15.2 Å². The lowest BCUT2D eigenvalue weighted by Gasteiger charge is -2.19. The van der Waals surface area contributed by atoms with Gasteiger partial charge in [-0.25, -0.2) is 9.59 Å². The van der Waals surface area contributed by atoms with Crippen LogP contribution in [0.15, 0.2) is 91.0 Å². The summed E-state index contributed by atoms with van der Waals surface area (Å²) in [7, 11) is 0. The van der Waals surface area contributed by atoms with E-state index in [9.17, 15) is 14.7 Å². The normalized spacial score (nSPS) is 13.2. The Morgan fingerprint density at radius 2 is 1.41 bits per heavy atom. The molecule has 1 atom stereocenters. The first-order valence-corrected chi connectivity index (χ1v) is 10.5. The first-order chi connectivity index (χ1) is 15.6. The number of hydrogen-bond acceptors (Lipinski definition) is 3. The highest BCUT2D eigenvalue weighted by molar-refractivity contribution is 5.92. The van der Waals surface area contributed by atoms with Crippen LogP contribution >= 0.6 is 0 Å². The van der Waals surface area contributed by atoms with Crippen LogP contribution in [0.2, 0.25) is 0 Å². The average Bonchev–Trinajstić information content (AvgIpc) is 3.14. The van der Waals surface area contributed by atoms with E-state index in [0.29, 0.717) is 5.56 Å². The molecule has 1 aliphatic rings. The van der Waals surface area contributed by atoms with E-state index in [-0.39, 0.29) is 12.5 Å². The molecule has 32 heavy (non-hydrogen) atoms. The summed E-state index contributed by atoms with van der Waals surface area (Å²) in [5.74, 6) is -1.23. The SMILES string of the molecule is O=C(N[C@H](C(=O)O)c1cccc2ccccc12)OCC1c2ccccc2-c2ccccc21. The minimum atomic E-state index is -1.21. The van der Waals surface area contributed by atoms with Crippen LogP contribution in [-0.2, 0) is 9.53 Å². The van der Waals surface area contributed by atoms with Crippen molar-refractivity contribution in [2.75, 3.05) is 6.61 Å². The van der Waals surface area contributed by atoms with Crippen molar-refractivity contribution < 1.29 is 19.4 Å². The summed E-state index contributed by atoms with van der Waals surface area (Å²) in [5, 5.41) is 14.0. The number of carbonyl (C=O) groups excluding carboxylic acids is 1. The number of fused-ring (bicyclic) bond motifs is 4. The maximum Gasteiger partial charge on any atom is 0.408 e.